The average Bonchev–Trinajstić information content (AvgIpc) is 3.26. The highest BCUT2D eigenvalue weighted by atomic mass is 32.2. The van der Waals surface area contributed by atoms with Gasteiger partial charge in [0.15, 0.2) is 9.84 Å². The lowest BCUT2D eigenvalue weighted by atomic mass is 10.2. The molecule has 136 valence electrons. The SMILES string of the molecule is Cc1nn(C2CCS(=O)(=O)C2)c(C)c1-n1ccnc1-c1ccccc1F. The lowest BCUT2D eigenvalue weighted by Crippen LogP contribution is -2.14. The summed E-state index contributed by atoms with van der Waals surface area (Å²) in [5.41, 5.74) is 2.82. The molecule has 0 saturated carbocycles. The average molecular weight is 374 g/mol. The van der Waals surface area contributed by atoms with E-state index in [1.807, 2.05) is 18.4 Å². The van der Waals surface area contributed by atoms with Crippen LogP contribution in [0.3, 0.4) is 0 Å². The van der Waals surface area contributed by atoms with Crippen LogP contribution < -0.4 is 0 Å². The van der Waals surface area contributed by atoms with E-state index in [-0.39, 0.29) is 23.4 Å². The van der Waals surface area contributed by atoms with E-state index in [1.165, 1.54) is 6.07 Å². The minimum Gasteiger partial charge on any atom is -0.296 e. The van der Waals surface area contributed by atoms with Crippen LogP contribution in [-0.4, -0.2) is 39.3 Å². The minimum atomic E-state index is -3.00. The van der Waals surface area contributed by atoms with E-state index in [2.05, 4.69) is 10.1 Å². The smallest absolute Gasteiger partial charge is 0.152 e. The molecule has 0 N–H and O–H groups in total. The Bertz CT molecular complexity index is 1080. The van der Waals surface area contributed by atoms with Gasteiger partial charge in [-0.15, -0.1) is 0 Å². The molecule has 1 atom stereocenters. The van der Waals surface area contributed by atoms with E-state index in [4.69, 9.17) is 0 Å². The van der Waals surface area contributed by atoms with Crippen LogP contribution in [0.1, 0.15) is 23.9 Å². The second-order valence-corrected chi connectivity index (χ2v) is 8.85. The van der Waals surface area contributed by atoms with Crippen LogP contribution in [0.25, 0.3) is 17.1 Å². The van der Waals surface area contributed by atoms with E-state index in [0.717, 1.165) is 17.1 Å². The van der Waals surface area contributed by atoms with Gasteiger partial charge in [-0.05, 0) is 32.4 Å². The largest absolute Gasteiger partial charge is 0.296 e. The summed E-state index contributed by atoms with van der Waals surface area (Å²) >= 11 is 0. The molecule has 8 heteroatoms. The van der Waals surface area contributed by atoms with Gasteiger partial charge in [0.25, 0.3) is 0 Å². The number of rotatable bonds is 3. The third-order valence-corrected chi connectivity index (χ3v) is 6.59. The summed E-state index contributed by atoms with van der Waals surface area (Å²) in [6.45, 7) is 3.78. The van der Waals surface area contributed by atoms with Crippen molar-refractivity contribution in [2.75, 3.05) is 11.5 Å². The highest BCUT2D eigenvalue weighted by Gasteiger charge is 2.32. The first-order valence-corrected chi connectivity index (χ1v) is 10.2. The topological polar surface area (TPSA) is 69.8 Å². The zero-order chi connectivity index (χ0) is 18.5. The van der Waals surface area contributed by atoms with Crippen molar-refractivity contribution in [3.8, 4) is 17.1 Å². The predicted octanol–water partition coefficient (Wildman–Crippen LogP) is 2.85. The third kappa shape index (κ3) is 2.74. The van der Waals surface area contributed by atoms with Crippen molar-refractivity contribution in [1.82, 2.24) is 19.3 Å². The zero-order valence-corrected chi connectivity index (χ0v) is 15.4. The summed E-state index contributed by atoms with van der Waals surface area (Å²) in [5.74, 6) is 0.451. The van der Waals surface area contributed by atoms with E-state index in [9.17, 15) is 12.8 Å². The molecule has 26 heavy (non-hydrogen) atoms. The van der Waals surface area contributed by atoms with Gasteiger partial charge in [0.2, 0.25) is 0 Å². The second kappa shape index (κ2) is 6.05. The van der Waals surface area contributed by atoms with Gasteiger partial charge in [0.05, 0.1) is 40.2 Å². The normalized spacial score (nSPS) is 19.1. The number of nitrogens with zero attached hydrogens (tertiary/aromatic N) is 4. The Morgan fingerprint density at radius 1 is 1.23 bits per heavy atom. The molecular weight excluding hydrogens is 355 g/mol. The Balaban J connectivity index is 1.82. The number of benzene rings is 1. The van der Waals surface area contributed by atoms with Crippen LogP contribution in [0.4, 0.5) is 4.39 Å². The van der Waals surface area contributed by atoms with E-state index < -0.39 is 9.84 Å². The Hall–Kier alpha value is -2.48. The van der Waals surface area contributed by atoms with E-state index in [1.54, 1.807) is 35.3 Å². The van der Waals surface area contributed by atoms with Crippen LogP contribution in [-0.2, 0) is 9.84 Å². The fourth-order valence-electron chi connectivity index (χ4n) is 3.65. The summed E-state index contributed by atoms with van der Waals surface area (Å²) < 4.78 is 41.5. The molecule has 1 aliphatic heterocycles. The third-order valence-electron chi connectivity index (χ3n) is 4.84. The maximum atomic E-state index is 14.2. The number of sulfone groups is 1. The van der Waals surface area contributed by atoms with Gasteiger partial charge in [0, 0.05) is 12.4 Å². The van der Waals surface area contributed by atoms with E-state index in [0.29, 0.717) is 17.8 Å². The zero-order valence-electron chi connectivity index (χ0n) is 14.6. The fourth-order valence-corrected chi connectivity index (χ4v) is 5.34. The monoisotopic (exact) mass is 374 g/mol. The van der Waals surface area contributed by atoms with E-state index >= 15 is 0 Å². The number of aromatic nitrogens is 4. The van der Waals surface area contributed by atoms with Gasteiger partial charge in [-0.25, -0.2) is 17.8 Å². The summed E-state index contributed by atoms with van der Waals surface area (Å²) in [6, 6.07) is 6.34. The van der Waals surface area contributed by atoms with Crippen molar-refractivity contribution >= 4 is 9.84 Å². The molecule has 1 saturated heterocycles. The fraction of sp³-hybridized carbons (Fsp3) is 0.333. The molecule has 0 radical (unpaired) electrons. The Morgan fingerprint density at radius 3 is 2.69 bits per heavy atom. The molecule has 0 amide bonds. The molecule has 0 spiro atoms. The number of aryl methyl sites for hydroxylation is 1. The Morgan fingerprint density at radius 2 is 2.00 bits per heavy atom. The van der Waals surface area contributed by atoms with Crippen LogP contribution in [0.15, 0.2) is 36.7 Å². The van der Waals surface area contributed by atoms with Crippen LogP contribution in [0.2, 0.25) is 0 Å². The van der Waals surface area contributed by atoms with Gasteiger partial charge >= 0.3 is 0 Å². The molecular formula is C18H19FN4O2S. The van der Waals surface area contributed by atoms with Crippen molar-refractivity contribution in [3.05, 3.63) is 53.9 Å². The number of halogens is 1. The number of hydrogen-bond acceptors (Lipinski definition) is 4. The van der Waals surface area contributed by atoms with Gasteiger partial charge < -0.3 is 0 Å². The van der Waals surface area contributed by atoms with Crippen LogP contribution in [0, 0.1) is 19.7 Å². The highest BCUT2D eigenvalue weighted by molar-refractivity contribution is 7.91. The van der Waals surface area contributed by atoms with Crippen molar-refractivity contribution in [1.29, 1.82) is 0 Å². The van der Waals surface area contributed by atoms with Gasteiger partial charge in [-0.2, -0.15) is 5.10 Å². The Kier molecular flexibility index (Phi) is 3.95. The predicted molar refractivity (Wildman–Crippen MR) is 96.5 cm³/mol. The summed E-state index contributed by atoms with van der Waals surface area (Å²) in [7, 11) is -3.00. The Labute approximate surface area is 151 Å². The van der Waals surface area contributed by atoms with Gasteiger partial charge in [-0.3, -0.25) is 9.25 Å². The molecule has 1 unspecified atom stereocenters. The van der Waals surface area contributed by atoms with Crippen molar-refractivity contribution in [2.24, 2.45) is 0 Å². The van der Waals surface area contributed by atoms with Crippen LogP contribution in [0.5, 0.6) is 0 Å². The first-order valence-electron chi connectivity index (χ1n) is 8.42. The van der Waals surface area contributed by atoms with Crippen molar-refractivity contribution in [3.63, 3.8) is 0 Å². The van der Waals surface area contributed by atoms with Gasteiger partial charge in [0.1, 0.15) is 11.6 Å². The second-order valence-electron chi connectivity index (χ2n) is 6.62. The molecule has 3 aromatic rings. The summed E-state index contributed by atoms with van der Waals surface area (Å²) in [4.78, 5) is 4.33. The molecule has 0 bridgehead atoms. The lowest BCUT2D eigenvalue weighted by molar-refractivity contribution is 0.485. The van der Waals surface area contributed by atoms with Gasteiger partial charge in [-0.1, -0.05) is 12.1 Å². The first kappa shape index (κ1) is 17.0. The van der Waals surface area contributed by atoms with Crippen molar-refractivity contribution in [2.45, 2.75) is 26.3 Å². The molecule has 1 fully saturated rings. The summed E-state index contributed by atoms with van der Waals surface area (Å²) in [5, 5.41) is 4.58. The number of imidazole rings is 1. The maximum Gasteiger partial charge on any atom is 0.152 e. The standard InChI is InChI=1S/C18H19FN4O2S/c1-12-17(13(2)23(21-12)14-7-10-26(24,25)11-14)22-9-8-20-18(22)15-5-3-4-6-16(15)19/h3-6,8-9,14H,7,10-11H2,1-2H3. The summed E-state index contributed by atoms with van der Waals surface area (Å²) in [6.07, 6.45) is 3.96. The minimum absolute atomic E-state index is 0.110. The molecule has 3 heterocycles. The molecule has 0 aliphatic carbocycles. The molecule has 1 aliphatic rings. The van der Waals surface area contributed by atoms with Crippen molar-refractivity contribution < 1.29 is 12.8 Å². The highest BCUT2D eigenvalue weighted by Crippen LogP contribution is 2.31. The first-order chi connectivity index (χ1) is 12.4. The molecule has 6 nitrogen and oxygen atoms in total. The lowest BCUT2D eigenvalue weighted by Gasteiger charge is -2.13. The molecule has 4 rings (SSSR count). The quantitative estimate of drug-likeness (QED) is 0.707. The van der Waals surface area contributed by atoms with Crippen LogP contribution >= 0.6 is 0 Å². The molecule has 2 aromatic heterocycles. The number of hydrogen-bond donors (Lipinski definition) is 0. The molecule has 1 aromatic carbocycles. The maximum absolute atomic E-state index is 14.2.